The van der Waals surface area contributed by atoms with Crippen LogP contribution in [0.3, 0.4) is 0 Å². The standard InChI is InChI=1S/C39H21N3/c1-7-34-25-38(32-15-21-41-22-16-32)11-5-29(34)3-9-36-27-39(33-17-23-42-24-18-33)12-6-30(36)2-8-35-26-37(10-4-28(1)35)31-13-19-40-20-14-31/h4-6,10-27H. The van der Waals surface area contributed by atoms with Gasteiger partial charge in [-0.25, -0.2) is 0 Å². The van der Waals surface area contributed by atoms with Gasteiger partial charge in [-0.15, -0.1) is 0 Å². The average Bonchev–Trinajstić information content (AvgIpc) is 3.06. The molecule has 0 amide bonds. The van der Waals surface area contributed by atoms with Crippen molar-refractivity contribution in [1.29, 1.82) is 0 Å². The topological polar surface area (TPSA) is 38.7 Å². The molecule has 3 nitrogen and oxygen atoms in total. The third kappa shape index (κ3) is 5.17. The zero-order chi connectivity index (χ0) is 28.1. The van der Waals surface area contributed by atoms with Crippen LogP contribution in [0.1, 0.15) is 33.4 Å². The molecule has 1 aliphatic carbocycles. The zero-order valence-electron chi connectivity index (χ0n) is 22.5. The molecule has 0 saturated carbocycles. The van der Waals surface area contributed by atoms with E-state index in [-0.39, 0.29) is 0 Å². The number of aromatic nitrogens is 3. The molecule has 3 heterocycles. The normalized spacial score (nSPS) is 10.9. The number of pyridine rings is 3. The molecule has 192 valence electrons. The van der Waals surface area contributed by atoms with Crippen molar-refractivity contribution in [3.8, 4) is 68.9 Å². The van der Waals surface area contributed by atoms with E-state index in [2.05, 4.69) is 86.9 Å². The molecule has 0 N–H and O–H groups in total. The van der Waals surface area contributed by atoms with E-state index in [1.807, 2.05) is 54.6 Å². The molecular weight excluding hydrogens is 510 g/mol. The van der Waals surface area contributed by atoms with E-state index in [9.17, 15) is 0 Å². The Morgan fingerprint density at radius 1 is 0.262 bits per heavy atom. The lowest BCUT2D eigenvalue weighted by Crippen LogP contribution is -1.92. The maximum atomic E-state index is 4.16. The van der Waals surface area contributed by atoms with Gasteiger partial charge in [0.2, 0.25) is 0 Å². The molecule has 0 saturated heterocycles. The van der Waals surface area contributed by atoms with E-state index in [1.165, 1.54) is 0 Å². The maximum absolute atomic E-state index is 4.16. The molecule has 0 atom stereocenters. The minimum absolute atomic E-state index is 0.862. The van der Waals surface area contributed by atoms with Gasteiger partial charge in [0.1, 0.15) is 0 Å². The quantitative estimate of drug-likeness (QED) is 0.223. The molecule has 7 rings (SSSR count). The Morgan fingerprint density at radius 2 is 0.524 bits per heavy atom. The van der Waals surface area contributed by atoms with Crippen molar-refractivity contribution in [3.63, 3.8) is 0 Å². The second kappa shape index (κ2) is 11.1. The highest BCUT2D eigenvalue weighted by Gasteiger charge is 2.08. The van der Waals surface area contributed by atoms with Gasteiger partial charge in [0.05, 0.1) is 0 Å². The Hall–Kier alpha value is -6.21. The van der Waals surface area contributed by atoms with E-state index < -0.39 is 0 Å². The van der Waals surface area contributed by atoms with Crippen LogP contribution in [0.15, 0.2) is 128 Å². The lowest BCUT2D eigenvalue weighted by Gasteiger charge is -2.07. The Kier molecular flexibility index (Phi) is 6.56. The van der Waals surface area contributed by atoms with Crippen molar-refractivity contribution in [3.05, 3.63) is 162 Å². The summed E-state index contributed by atoms with van der Waals surface area (Å²) in [5, 5.41) is 0. The van der Waals surface area contributed by atoms with Crippen LogP contribution in [0.2, 0.25) is 0 Å². The van der Waals surface area contributed by atoms with Gasteiger partial charge in [0.25, 0.3) is 0 Å². The van der Waals surface area contributed by atoms with Crippen molar-refractivity contribution in [1.82, 2.24) is 15.0 Å². The van der Waals surface area contributed by atoms with Crippen LogP contribution in [0.4, 0.5) is 0 Å². The first kappa shape index (κ1) is 24.8. The van der Waals surface area contributed by atoms with Gasteiger partial charge in [-0.05, 0) is 106 Å². The summed E-state index contributed by atoms with van der Waals surface area (Å²) in [6, 6.07) is 30.7. The van der Waals surface area contributed by atoms with Gasteiger partial charge in [0.15, 0.2) is 0 Å². The fourth-order valence-corrected chi connectivity index (χ4v) is 4.85. The van der Waals surface area contributed by atoms with Crippen molar-refractivity contribution in [2.75, 3.05) is 0 Å². The SMILES string of the molecule is C1#Cc2cc(-c3ccncc3)ccc2C#Cc2cc(-c3ccncc3)ccc2C#Cc2cc(-c3ccncc3)ccc21. The van der Waals surface area contributed by atoms with Crippen LogP contribution in [-0.4, -0.2) is 15.0 Å². The molecule has 42 heavy (non-hydrogen) atoms. The molecule has 3 aromatic carbocycles. The number of benzene rings is 3. The highest BCUT2D eigenvalue weighted by Crippen LogP contribution is 2.26. The summed E-state index contributed by atoms with van der Waals surface area (Å²) in [7, 11) is 0. The predicted octanol–water partition coefficient (Wildman–Crippen LogP) is 7.39. The van der Waals surface area contributed by atoms with E-state index in [4.69, 9.17) is 0 Å². The molecule has 0 bridgehead atoms. The maximum Gasteiger partial charge on any atom is 0.0411 e. The van der Waals surface area contributed by atoms with Gasteiger partial charge in [-0.2, -0.15) is 0 Å². The minimum Gasteiger partial charge on any atom is -0.265 e. The molecule has 0 aliphatic heterocycles. The largest absolute Gasteiger partial charge is 0.265 e. The Labute approximate surface area is 245 Å². The van der Waals surface area contributed by atoms with Crippen molar-refractivity contribution >= 4 is 0 Å². The number of nitrogens with zero attached hydrogens (tertiary/aromatic N) is 3. The van der Waals surface area contributed by atoms with Crippen LogP contribution < -0.4 is 0 Å². The molecule has 0 spiro atoms. The average molecular weight is 532 g/mol. The minimum atomic E-state index is 0.862. The van der Waals surface area contributed by atoms with Gasteiger partial charge in [-0.1, -0.05) is 53.7 Å². The van der Waals surface area contributed by atoms with Crippen LogP contribution in [-0.2, 0) is 0 Å². The van der Waals surface area contributed by atoms with Gasteiger partial charge < -0.3 is 0 Å². The summed E-state index contributed by atoms with van der Waals surface area (Å²) < 4.78 is 0. The molecule has 3 aromatic heterocycles. The monoisotopic (exact) mass is 531 g/mol. The summed E-state index contributed by atoms with van der Waals surface area (Å²) in [5.41, 5.74) is 11.6. The van der Waals surface area contributed by atoms with Crippen molar-refractivity contribution in [2.45, 2.75) is 0 Å². The van der Waals surface area contributed by atoms with Gasteiger partial charge in [-0.3, -0.25) is 15.0 Å². The summed E-state index contributed by atoms with van der Waals surface area (Å²) >= 11 is 0. The number of fused-ring (bicyclic) bond motifs is 3. The van der Waals surface area contributed by atoms with E-state index in [0.717, 1.165) is 66.8 Å². The third-order valence-corrected chi connectivity index (χ3v) is 7.10. The van der Waals surface area contributed by atoms with Crippen LogP contribution in [0.5, 0.6) is 0 Å². The molecule has 1 aliphatic rings. The van der Waals surface area contributed by atoms with E-state index >= 15 is 0 Å². The molecule has 0 radical (unpaired) electrons. The first-order valence-corrected chi connectivity index (χ1v) is 13.5. The summed E-state index contributed by atoms with van der Waals surface area (Å²) in [6.07, 6.45) is 10.8. The molecular formula is C39H21N3. The highest BCUT2D eigenvalue weighted by molar-refractivity contribution is 5.73. The first-order valence-electron chi connectivity index (χ1n) is 13.5. The molecule has 0 fully saturated rings. The number of hydrogen-bond donors (Lipinski definition) is 0. The highest BCUT2D eigenvalue weighted by atomic mass is 14.6. The zero-order valence-corrected chi connectivity index (χ0v) is 22.5. The fourth-order valence-electron chi connectivity index (χ4n) is 4.85. The molecule has 3 heteroatoms. The fraction of sp³-hybridized carbons (Fsp3) is 0. The Bertz CT molecular complexity index is 1880. The third-order valence-electron chi connectivity index (χ3n) is 7.10. The summed E-state index contributed by atoms with van der Waals surface area (Å²) in [5.74, 6) is 20.4. The second-order valence-corrected chi connectivity index (χ2v) is 9.74. The lowest BCUT2D eigenvalue weighted by molar-refractivity contribution is 1.33. The second-order valence-electron chi connectivity index (χ2n) is 9.74. The van der Waals surface area contributed by atoms with Crippen LogP contribution >= 0.6 is 0 Å². The lowest BCUT2D eigenvalue weighted by atomic mass is 9.96. The molecule has 6 aromatic rings. The van der Waals surface area contributed by atoms with Crippen molar-refractivity contribution in [2.24, 2.45) is 0 Å². The van der Waals surface area contributed by atoms with Crippen LogP contribution in [0, 0.1) is 35.5 Å². The Morgan fingerprint density at radius 3 is 0.810 bits per heavy atom. The number of rotatable bonds is 3. The van der Waals surface area contributed by atoms with E-state index in [1.54, 1.807) is 37.2 Å². The van der Waals surface area contributed by atoms with Crippen LogP contribution in [0.25, 0.3) is 33.4 Å². The first-order chi connectivity index (χ1) is 20.8. The van der Waals surface area contributed by atoms with E-state index in [0.29, 0.717) is 0 Å². The molecule has 0 unspecified atom stereocenters. The smallest absolute Gasteiger partial charge is 0.0411 e. The van der Waals surface area contributed by atoms with Gasteiger partial charge >= 0.3 is 0 Å². The van der Waals surface area contributed by atoms with Crippen molar-refractivity contribution < 1.29 is 0 Å². The predicted molar refractivity (Wildman–Crippen MR) is 167 cm³/mol. The summed E-state index contributed by atoms with van der Waals surface area (Å²) in [4.78, 5) is 12.5. The number of hydrogen-bond acceptors (Lipinski definition) is 3. The summed E-state index contributed by atoms with van der Waals surface area (Å²) in [6.45, 7) is 0. The van der Waals surface area contributed by atoms with Gasteiger partial charge in [0, 0.05) is 70.6 Å². The Balaban J connectivity index is 1.44.